The second-order valence-electron chi connectivity index (χ2n) is 5.60. The molecule has 0 aliphatic heterocycles. The van der Waals surface area contributed by atoms with Crippen molar-refractivity contribution in [2.24, 2.45) is 0 Å². The average molecular weight is 264 g/mol. The third-order valence-corrected chi connectivity index (χ3v) is 2.44. The van der Waals surface area contributed by atoms with Crippen LogP contribution in [0.1, 0.15) is 33.3 Å². The highest BCUT2D eigenvalue weighted by atomic mass is 16.5. The first kappa shape index (κ1) is 15.3. The van der Waals surface area contributed by atoms with Crippen molar-refractivity contribution in [1.29, 1.82) is 0 Å². The van der Waals surface area contributed by atoms with Crippen molar-refractivity contribution in [3.05, 3.63) is 23.8 Å². The Balaban J connectivity index is 2.55. The molecule has 0 aromatic heterocycles. The van der Waals surface area contributed by atoms with Gasteiger partial charge < -0.3 is 15.4 Å². The van der Waals surface area contributed by atoms with Gasteiger partial charge in [0.1, 0.15) is 11.4 Å². The Bertz CT molecular complexity index is 436. The molecule has 0 fully saturated rings. The van der Waals surface area contributed by atoms with Crippen molar-refractivity contribution in [3.63, 3.8) is 0 Å². The minimum Gasteiger partial charge on any atom is -0.488 e. The molecule has 0 heterocycles. The van der Waals surface area contributed by atoms with E-state index in [0.717, 1.165) is 17.0 Å². The lowest BCUT2D eigenvalue weighted by Crippen LogP contribution is -2.26. The zero-order valence-electron chi connectivity index (χ0n) is 12.5. The van der Waals surface area contributed by atoms with Crippen LogP contribution in [0.4, 0.5) is 5.69 Å². The average Bonchev–Trinajstić information content (AvgIpc) is 2.24. The van der Waals surface area contributed by atoms with Gasteiger partial charge in [-0.3, -0.25) is 4.79 Å². The topological polar surface area (TPSA) is 50.4 Å². The van der Waals surface area contributed by atoms with E-state index in [1.54, 1.807) is 0 Å². The molecule has 0 bridgehead atoms. The molecule has 1 rings (SSSR count). The van der Waals surface area contributed by atoms with Gasteiger partial charge in [-0.25, -0.2) is 0 Å². The van der Waals surface area contributed by atoms with E-state index < -0.39 is 0 Å². The van der Waals surface area contributed by atoms with Gasteiger partial charge in [-0.15, -0.1) is 0 Å². The molecule has 0 spiro atoms. The fourth-order valence-corrected chi connectivity index (χ4v) is 1.69. The molecular formula is C15H24N2O2. The maximum absolute atomic E-state index is 10.7. The van der Waals surface area contributed by atoms with E-state index in [2.05, 4.69) is 10.6 Å². The molecule has 0 aliphatic carbocycles. The van der Waals surface area contributed by atoms with Crippen LogP contribution in [0, 0.1) is 6.92 Å². The summed E-state index contributed by atoms with van der Waals surface area (Å²) in [5.41, 5.74) is 2.00. The standard InChI is InChI=1S/C15H24N2O2/c1-11-10-13(19-15(3,4)5)6-7-14(11)17-9-8-16-12(2)18/h6-7,10,17H,8-9H2,1-5H3,(H,16,18). The lowest BCUT2D eigenvalue weighted by molar-refractivity contribution is -0.118. The van der Waals surface area contributed by atoms with E-state index >= 15 is 0 Å². The second kappa shape index (κ2) is 6.45. The first-order chi connectivity index (χ1) is 8.78. The number of nitrogens with one attached hydrogen (secondary N) is 2. The van der Waals surface area contributed by atoms with E-state index in [4.69, 9.17) is 4.74 Å². The normalized spacial score (nSPS) is 11.0. The summed E-state index contributed by atoms with van der Waals surface area (Å²) in [6.45, 7) is 11.0. The lowest BCUT2D eigenvalue weighted by atomic mass is 10.1. The van der Waals surface area contributed by atoms with E-state index in [1.165, 1.54) is 6.92 Å². The summed E-state index contributed by atoms with van der Waals surface area (Å²) in [5, 5.41) is 6.04. The van der Waals surface area contributed by atoms with Gasteiger partial charge >= 0.3 is 0 Å². The molecule has 0 radical (unpaired) electrons. The number of amides is 1. The maximum Gasteiger partial charge on any atom is 0.216 e. The number of rotatable bonds is 5. The summed E-state index contributed by atoms with van der Waals surface area (Å²) >= 11 is 0. The number of hydrogen-bond donors (Lipinski definition) is 2. The van der Waals surface area contributed by atoms with Crippen molar-refractivity contribution >= 4 is 11.6 Å². The second-order valence-corrected chi connectivity index (χ2v) is 5.60. The largest absolute Gasteiger partial charge is 0.488 e. The molecule has 19 heavy (non-hydrogen) atoms. The molecule has 0 saturated heterocycles. The minimum absolute atomic E-state index is 0.00699. The zero-order valence-corrected chi connectivity index (χ0v) is 12.5. The van der Waals surface area contributed by atoms with Crippen molar-refractivity contribution in [3.8, 4) is 5.75 Å². The van der Waals surface area contributed by atoms with Gasteiger partial charge in [-0.2, -0.15) is 0 Å². The van der Waals surface area contributed by atoms with Gasteiger partial charge in [-0.05, 0) is 51.5 Å². The van der Waals surface area contributed by atoms with E-state index in [1.807, 2.05) is 45.9 Å². The predicted molar refractivity (Wildman–Crippen MR) is 78.7 cm³/mol. The number of ether oxygens (including phenoxy) is 1. The Morgan fingerprint density at radius 3 is 2.47 bits per heavy atom. The molecule has 1 aromatic rings. The van der Waals surface area contributed by atoms with E-state index in [-0.39, 0.29) is 11.5 Å². The molecular weight excluding hydrogens is 240 g/mol. The number of anilines is 1. The van der Waals surface area contributed by atoms with Gasteiger partial charge in [0.2, 0.25) is 5.91 Å². The van der Waals surface area contributed by atoms with Crippen molar-refractivity contribution < 1.29 is 9.53 Å². The molecule has 4 heteroatoms. The first-order valence-electron chi connectivity index (χ1n) is 6.56. The Hall–Kier alpha value is -1.71. The van der Waals surface area contributed by atoms with Crippen LogP contribution in [-0.4, -0.2) is 24.6 Å². The summed E-state index contributed by atoms with van der Waals surface area (Å²) in [5.74, 6) is 0.866. The van der Waals surface area contributed by atoms with Crippen LogP contribution < -0.4 is 15.4 Å². The first-order valence-corrected chi connectivity index (χ1v) is 6.56. The highest BCUT2D eigenvalue weighted by Crippen LogP contribution is 2.24. The molecule has 1 aromatic carbocycles. The zero-order chi connectivity index (χ0) is 14.5. The Morgan fingerprint density at radius 1 is 1.26 bits per heavy atom. The summed E-state index contributed by atoms with van der Waals surface area (Å²) in [6, 6.07) is 5.98. The van der Waals surface area contributed by atoms with E-state index in [9.17, 15) is 4.79 Å². The van der Waals surface area contributed by atoms with Gasteiger partial charge in [0, 0.05) is 25.7 Å². The number of carbonyl (C=O) groups is 1. The monoisotopic (exact) mass is 264 g/mol. The number of hydrogen-bond acceptors (Lipinski definition) is 3. The van der Waals surface area contributed by atoms with Gasteiger partial charge in [-0.1, -0.05) is 0 Å². The molecule has 0 atom stereocenters. The molecule has 106 valence electrons. The van der Waals surface area contributed by atoms with Crippen LogP contribution in [0.3, 0.4) is 0 Å². The molecule has 0 aliphatic rings. The molecule has 1 amide bonds. The van der Waals surface area contributed by atoms with Crippen molar-refractivity contribution in [1.82, 2.24) is 5.32 Å². The summed E-state index contributed by atoms with van der Waals surface area (Å²) in [6.07, 6.45) is 0. The third-order valence-electron chi connectivity index (χ3n) is 2.44. The predicted octanol–water partition coefficient (Wildman–Crippen LogP) is 2.72. The lowest BCUT2D eigenvalue weighted by Gasteiger charge is -2.22. The molecule has 0 unspecified atom stereocenters. The fourth-order valence-electron chi connectivity index (χ4n) is 1.69. The van der Waals surface area contributed by atoms with Crippen molar-refractivity contribution in [2.45, 2.75) is 40.2 Å². The molecule has 0 saturated carbocycles. The Morgan fingerprint density at radius 2 is 1.95 bits per heavy atom. The quantitative estimate of drug-likeness (QED) is 0.804. The van der Waals surface area contributed by atoms with E-state index in [0.29, 0.717) is 13.1 Å². The third kappa shape index (κ3) is 6.13. The highest BCUT2D eigenvalue weighted by molar-refractivity contribution is 5.72. The smallest absolute Gasteiger partial charge is 0.216 e. The number of aryl methyl sites for hydroxylation is 1. The van der Waals surface area contributed by atoms with Gasteiger partial charge in [0.15, 0.2) is 0 Å². The number of carbonyl (C=O) groups excluding carboxylic acids is 1. The van der Waals surface area contributed by atoms with Gasteiger partial charge in [0.05, 0.1) is 0 Å². The summed E-state index contributed by atoms with van der Waals surface area (Å²) in [4.78, 5) is 10.7. The Labute approximate surface area is 115 Å². The maximum atomic E-state index is 10.7. The minimum atomic E-state index is -0.188. The molecule has 4 nitrogen and oxygen atoms in total. The molecule has 2 N–H and O–H groups in total. The van der Waals surface area contributed by atoms with Crippen LogP contribution in [0.25, 0.3) is 0 Å². The van der Waals surface area contributed by atoms with Crippen LogP contribution >= 0.6 is 0 Å². The SMILES string of the molecule is CC(=O)NCCNc1ccc(OC(C)(C)C)cc1C. The van der Waals surface area contributed by atoms with Crippen molar-refractivity contribution in [2.75, 3.05) is 18.4 Å². The highest BCUT2D eigenvalue weighted by Gasteiger charge is 2.12. The van der Waals surface area contributed by atoms with Crippen LogP contribution in [0.15, 0.2) is 18.2 Å². The van der Waals surface area contributed by atoms with Crippen LogP contribution in [0.5, 0.6) is 5.75 Å². The Kier molecular flexibility index (Phi) is 5.21. The fraction of sp³-hybridized carbons (Fsp3) is 0.533. The number of benzene rings is 1. The van der Waals surface area contributed by atoms with Gasteiger partial charge in [0.25, 0.3) is 0 Å². The summed E-state index contributed by atoms with van der Waals surface area (Å²) in [7, 11) is 0. The summed E-state index contributed by atoms with van der Waals surface area (Å²) < 4.78 is 5.81. The van der Waals surface area contributed by atoms with Crippen LogP contribution in [-0.2, 0) is 4.79 Å². The van der Waals surface area contributed by atoms with Crippen LogP contribution in [0.2, 0.25) is 0 Å².